The van der Waals surface area contributed by atoms with Gasteiger partial charge in [-0.2, -0.15) is 0 Å². The Bertz CT molecular complexity index is 908. The second-order valence-electron chi connectivity index (χ2n) is 14.5. The van der Waals surface area contributed by atoms with Crippen molar-refractivity contribution in [3.05, 3.63) is 11.6 Å². The van der Waals surface area contributed by atoms with Crippen LogP contribution in [0.1, 0.15) is 118 Å². The van der Waals surface area contributed by atoms with Crippen LogP contribution in [-0.2, 0) is 14.3 Å². The number of aliphatic hydroxyl groups is 1. The van der Waals surface area contributed by atoms with Crippen LogP contribution in [0.5, 0.6) is 0 Å². The van der Waals surface area contributed by atoms with Gasteiger partial charge in [0.25, 0.3) is 0 Å². The molecular formula is C32H53NO5. The van der Waals surface area contributed by atoms with Gasteiger partial charge in [0.2, 0.25) is 0 Å². The molecule has 0 saturated heterocycles. The smallest absolute Gasteiger partial charge is 0.320 e. The van der Waals surface area contributed by atoms with Gasteiger partial charge in [-0.1, -0.05) is 45.3 Å². The number of carbonyl (C=O) groups is 2. The van der Waals surface area contributed by atoms with Crippen LogP contribution in [0.25, 0.3) is 0 Å². The molecule has 38 heavy (non-hydrogen) atoms. The number of hydrogen-bond donors (Lipinski definition) is 3. The predicted octanol–water partition coefficient (Wildman–Crippen LogP) is 6.25. The van der Waals surface area contributed by atoms with E-state index < -0.39 is 17.6 Å². The van der Waals surface area contributed by atoms with Gasteiger partial charge in [-0.25, -0.2) is 0 Å². The van der Waals surface area contributed by atoms with E-state index >= 15 is 0 Å². The Morgan fingerprint density at radius 2 is 1.87 bits per heavy atom. The number of allylic oxidation sites excluding steroid dienone is 1. The van der Waals surface area contributed by atoms with Gasteiger partial charge in [-0.3, -0.25) is 9.59 Å². The van der Waals surface area contributed by atoms with Crippen LogP contribution in [0, 0.1) is 40.4 Å². The summed E-state index contributed by atoms with van der Waals surface area (Å²) in [5.41, 5.74) is 7.11. The predicted molar refractivity (Wildman–Crippen MR) is 149 cm³/mol. The largest absolute Gasteiger partial charge is 0.480 e. The minimum Gasteiger partial charge on any atom is -0.480 e. The number of esters is 1. The molecule has 0 aromatic carbocycles. The standard InChI is InChI=1S/C32H53NO5/c1-20(7-6-16-30(2,3)37)24-10-11-25-23-9-8-21-19-22(38-28(34)13-12-27(33)29(35)36)14-17-31(21,4)26(23)15-18-32(24,25)5/h8,20,22-27,37H,6-7,9-19,33H2,1-5H3,(H,35,36). The van der Waals surface area contributed by atoms with Gasteiger partial charge in [-0.15, -0.1) is 0 Å². The SMILES string of the molecule is CC(CCCC(C)(C)O)C1CCC2C3CC=C4CC(OC(=O)CCC(N)C(=O)O)CCC4(C)C3CCC12C. The Kier molecular flexibility index (Phi) is 8.74. The quantitative estimate of drug-likeness (QED) is 0.227. The third-order valence-corrected chi connectivity index (χ3v) is 11.5. The highest BCUT2D eigenvalue weighted by Crippen LogP contribution is 2.67. The third kappa shape index (κ3) is 6.01. The molecule has 0 aromatic rings. The lowest BCUT2D eigenvalue weighted by atomic mass is 9.47. The van der Waals surface area contributed by atoms with Crippen LogP contribution in [0.3, 0.4) is 0 Å². The van der Waals surface area contributed by atoms with E-state index in [9.17, 15) is 14.7 Å². The van der Waals surface area contributed by atoms with Crippen LogP contribution in [0.15, 0.2) is 11.6 Å². The Morgan fingerprint density at radius 1 is 1.13 bits per heavy atom. The summed E-state index contributed by atoms with van der Waals surface area (Å²) < 4.78 is 5.79. The van der Waals surface area contributed by atoms with Gasteiger partial charge in [0.05, 0.1) is 5.60 Å². The second kappa shape index (κ2) is 11.2. The van der Waals surface area contributed by atoms with Crippen LogP contribution in [-0.4, -0.2) is 39.9 Å². The average molecular weight is 532 g/mol. The maximum atomic E-state index is 12.4. The summed E-state index contributed by atoms with van der Waals surface area (Å²) in [5.74, 6) is 2.37. The fourth-order valence-electron chi connectivity index (χ4n) is 9.40. The first-order chi connectivity index (χ1) is 17.7. The molecule has 4 N–H and O–H groups in total. The van der Waals surface area contributed by atoms with E-state index in [0.717, 1.165) is 62.2 Å². The fourth-order valence-corrected chi connectivity index (χ4v) is 9.40. The molecule has 4 rings (SSSR count). The average Bonchev–Trinajstić information content (AvgIpc) is 3.19. The number of carbonyl (C=O) groups excluding carboxylic acids is 1. The molecule has 216 valence electrons. The zero-order valence-corrected chi connectivity index (χ0v) is 24.5. The van der Waals surface area contributed by atoms with Crippen molar-refractivity contribution in [2.45, 2.75) is 136 Å². The van der Waals surface area contributed by atoms with Crippen molar-refractivity contribution >= 4 is 11.9 Å². The zero-order valence-electron chi connectivity index (χ0n) is 24.5. The summed E-state index contributed by atoms with van der Waals surface area (Å²) in [7, 11) is 0. The number of nitrogens with two attached hydrogens (primary N) is 1. The van der Waals surface area contributed by atoms with Crippen LogP contribution in [0.4, 0.5) is 0 Å². The first kappa shape index (κ1) is 29.6. The highest BCUT2D eigenvalue weighted by atomic mass is 16.5. The van der Waals surface area contributed by atoms with E-state index in [1.807, 2.05) is 13.8 Å². The summed E-state index contributed by atoms with van der Waals surface area (Å²) >= 11 is 0. The van der Waals surface area contributed by atoms with Crippen LogP contribution < -0.4 is 5.73 Å². The minimum absolute atomic E-state index is 0.0581. The molecule has 0 aliphatic heterocycles. The number of hydrogen-bond acceptors (Lipinski definition) is 5. The van der Waals surface area contributed by atoms with Crippen molar-refractivity contribution < 1.29 is 24.5 Å². The van der Waals surface area contributed by atoms with Crippen molar-refractivity contribution in [3.63, 3.8) is 0 Å². The van der Waals surface area contributed by atoms with E-state index in [2.05, 4.69) is 26.8 Å². The summed E-state index contributed by atoms with van der Waals surface area (Å²) in [6, 6.07) is -1.02. The number of aliphatic carboxylic acids is 1. The number of carboxylic acids is 1. The molecule has 6 heteroatoms. The number of rotatable bonds is 10. The Morgan fingerprint density at radius 3 is 2.55 bits per heavy atom. The van der Waals surface area contributed by atoms with Crippen molar-refractivity contribution in [3.8, 4) is 0 Å². The van der Waals surface area contributed by atoms with E-state index in [1.165, 1.54) is 37.7 Å². The van der Waals surface area contributed by atoms with Gasteiger partial charge in [0, 0.05) is 12.8 Å². The lowest BCUT2D eigenvalue weighted by Gasteiger charge is -2.58. The van der Waals surface area contributed by atoms with Crippen molar-refractivity contribution in [1.82, 2.24) is 0 Å². The maximum absolute atomic E-state index is 12.4. The molecular weight excluding hydrogens is 478 g/mol. The molecule has 0 heterocycles. The molecule has 0 radical (unpaired) electrons. The molecule has 4 aliphatic rings. The van der Waals surface area contributed by atoms with E-state index in [-0.39, 0.29) is 30.3 Å². The monoisotopic (exact) mass is 531 g/mol. The molecule has 0 amide bonds. The molecule has 0 bridgehead atoms. The molecule has 3 saturated carbocycles. The molecule has 4 aliphatic carbocycles. The Balaban J connectivity index is 1.37. The second-order valence-corrected chi connectivity index (χ2v) is 14.5. The summed E-state index contributed by atoms with van der Waals surface area (Å²) in [6.07, 6.45) is 15.0. The normalized spacial score (nSPS) is 38.3. The van der Waals surface area contributed by atoms with Gasteiger partial charge >= 0.3 is 11.9 Å². The topological polar surface area (TPSA) is 110 Å². The first-order valence-electron chi connectivity index (χ1n) is 15.3. The van der Waals surface area contributed by atoms with Crippen molar-refractivity contribution in [2.24, 2.45) is 46.2 Å². The number of carboxylic acid groups (broad SMARTS) is 1. The van der Waals surface area contributed by atoms with Gasteiger partial charge in [0.1, 0.15) is 12.1 Å². The molecule has 9 atom stereocenters. The Labute approximate surface area is 230 Å². The minimum atomic E-state index is -1.08. The summed E-state index contributed by atoms with van der Waals surface area (Å²) in [4.78, 5) is 23.3. The lowest BCUT2D eigenvalue weighted by Crippen LogP contribution is -2.51. The van der Waals surface area contributed by atoms with Gasteiger partial charge in [0.15, 0.2) is 0 Å². The summed E-state index contributed by atoms with van der Waals surface area (Å²) in [5, 5.41) is 19.1. The van der Waals surface area contributed by atoms with Gasteiger partial charge < -0.3 is 20.7 Å². The highest BCUT2D eigenvalue weighted by molar-refractivity contribution is 5.75. The molecule has 6 nitrogen and oxygen atoms in total. The number of fused-ring (bicyclic) bond motifs is 5. The van der Waals surface area contributed by atoms with E-state index in [0.29, 0.717) is 11.3 Å². The van der Waals surface area contributed by atoms with Gasteiger partial charge in [-0.05, 0) is 112 Å². The van der Waals surface area contributed by atoms with Crippen molar-refractivity contribution in [1.29, 1.82) is 0 Å². The molecule has 3 fully saturated rings. The van der Waals surface area contributed by atoms with E-state index in [4.69, 9.17) is 15.6 Å². The van der Waals surface area contributed by atoms with E-state index in [1.54, 1.807) is 0 Å². The maximum Gasteiger partial charge on any atom is 0.320 e. The summed E-state index contributed by atoms with van der Waals surface area (Å²) in [6.45, 7) is 11.4. The zero-order chi connectivity index (χ0) is 27.9. The lowest BCUT2D eigenvalue weighted by molar-refractivity contribution is -0.152. The molecule has 0 spiro atoms. The number of ether oxygens (including phenoxy) is 1. The fraction of sp³-hybridized carbons (Fsp3) is 0.875. The van der Waals surface area contributed by atoms with Crippen molar-refractivity contribution in [2.75, 3.05) is 0 Å². The third-order valence-electron chi connectivity index (χ3n) is 11.5. The first-order valence-corrected chi connectivity index (χ1v) is 15.3. The highest BCUT2D eigenvalue weighted by Gasteiger charge is 2.59. The molecule has 0 aromatic heterocycles. The van der Waals surface area contributed by atoms with Crippen LogP contribution >= 0.6 is 0 Å². The Hall–Kier alpha value is -1.40. The van der Waals surface area contributed by atoms with Crippen LogP contribution in [0.2, 0.25) is 0 Å². The molecule has 9 unspecified atom stereocenters.